The largest absolute Gasteiger partial charge is 0.574 e. The van der Waals surface area contributed by atoms with Gasteiger partial charge < -0.3 is 14.2 Å². The van der Waals surface area contributed by atoms with E-state index in [0.29, 0.717) is 16.8 Å². The monoisotopic (exact) mass is 418 g/mol. The summed E-state index contributed by atoms with van der Waals surface area (Å²) in [5, 5.41) is 6.70. The number of hydrogen-bond donors (Lipinski definition) is 0. The van der Waals surface area contributed by atoms with E-state index < -0.39 is 47.0 Å². The van der Waals surface area contributed by atoms with Crippen molar-refractivity contribution in [3.05, 3.63) is 23.5 Å². The highest BCUT2D eigenvalue weighted by atomic mass is 35.5. The van der Waals surface area contributed by atoms with Crippen molar-refractivity contribution in [2.75, 3.05) is 0 Å². The summed E-state index contributed by atoms with van der Waals surface area (Å²) in [6.07, 6.45) is -5.04. The highest BCUT2D eigenvalue weighted by Crippen LogP contribution is 2.25. The van der Waals surface area contributed by atoms with E-state index in [9.17, 15) is 31.5 Å². The van der Waals surface area contributed by atoms with Gasteiger partial charge in [-0.1, -0.05) is 0 Å². The average Bonchev–Trinajstić information content (AvgIpc) is 2.97. The van der Waals surface area contributed by atoms with Gasteiger partial charge in [0.05, 0.1) is 0 Å². The van der Waals surface area contributed by atoms with Crippen molar-refractivity contribution >= 4 is 23.5 Å². The van der Waals surface area contributed by atoms with Crippen molar-refractivity contribution in [1.82, 2.24) is 19.6 Å². The summed E-state index contributed by atoms with van der Waals surface area (Å²) in [6.45, 7) is 0. The quantitative estimate of drug-likeness (QED) is 0.318. The van der Waals surface area contributed by atoms with E-state index in [1.54, 1.807) is 0 Å². The summed E-state index contributed by atoms with van der Waals surface area (Å²) in [5.41, 5.74) is -5.11. The zero-order valence-electron chi connectivity index (χ0n) is 13.3. The number of halogens is 6. The van der Waals surface area contributed by atoms with Crippen LogP contribution in [-0.4, -0.2) is 43.4 Å². The molecule has 2 heterocycles. The molecule has 2 aromatic heterocycles. The third-order valence-electron chi connectivity index (χ3n) is 2.76. The van der Waals surface area contributed by atoms with Crippen LogP contribution >= 0.6 is 11.6 Å². The van der Waals surface area contributed by atoms with Gasteiger partial charge in [-0.05, 0) is 0 Å². The number of aromatic nitrogens is 4. The number of hydrogen-bond acceptors (Lipinski definition) is 7. The van der Waals surface area contributed by atoms with Crippen LogP contribution in [0.25, 0.3) is 0 Å². The maximum Gasteiger partial charge on any atom is 0.574 e. The van der Waals surface area contributed by atoms with E-state index in [1.165, 1.54) is 0 Å². The van der Waals surface area contributed by atoms with Gasteiger partial charge in [0.15, 0.2) is 11.4 Å². The van der Waals surface area contributed by atoms with Gasteiger partial charge in [0.1, 0.15) is 0 Å². The standard InChI is InChI=1S/C12H8ClF5N4O5/c1-21-5(3-7(19-21)26-11(13,14)15)9(23)25-10(24)6-4-8(20-22(6)2)27-12(16,17)18/h3-4H,1-2H3. The molecule has 2 rings (SSSR count). The van der Waals surface area contributed by atoms with Crippen molar-refractivity contribution in [2.45, 2.75) is 11.9 Å². The third-order valence-corrected chi connectivity index (χ3v) is 2.84. The number of nitrogens with zero attached hydrogens (tertiary/aromatic N) is 4. The molecule has 27 heavy (non-hydrogen) atoms. The second-order valence-corrected chi connectivity index (χ2v) is 5.20. The van der Waals surface area contributed by atoms with E-state index >= 15 is 0 Å². The fraction of sp³-hybridized carbons (Fsp3) is 0.333. The highest BCUT2D eigenvalue weighted by Gasteiger charge is 2.34. The van der Waals surface area contributed by atoms with Crippen molar-refractivity contribution < 1.29 is 45.8 Å². The fourth-order valence-electron chi connectivity index (χ4n) is 1.79. The molecule has 0 radical (unpaired) electrons. The molecule has 0 atom stereocenters. The lowest BCUT2D eigenvalue weighted by Crippen LogP contribution is -2.18. The molecule has 148 valence electrons. The van der Waals surface area contributed by atoms with Crippen LogP contribution in [-0.2, 0) is 18.8 Å². The van der Waals surface area contributed by atoms with Gasteiger partial charge >= 0.3 is 23.9 Å². The maximum atomic E-state index is 12.6. The van der Waals surface area contributed by atoms with Gasteiger partial charge in [-0.25, -0.2) is 9.59 Å². The molecule has 0 amide bonds. The second kappa shape index (κ2) is 7.02. The molecule has 15 heteroatoms. The third kappa shape index (κ3) is 5.54. The normalized spacial score (nSPS) is 12.0. The number of esters is 2. The molecule has 0 aromatic carbocycles. The van der Waals surface area contributed by atoms with Crippen LogP contribution in [0.5, 0.6) is 11.8 Å². The summed E-state index contributed by atoms with van der Waals surface area (Å²) >= 11 is 4.56. The molecule has 9 nitrogen and oxygen atoms in total. The first-order valence-corrected chi connectivity index (χ1v) is 6.99. The lowest BCUT2D eigenvalue weighted by atomic mass is 10.4. The minimum Gasteiger partial charge on any atom is -0.400 e. The Morgan fingerprint density at radius 2 is 1.33 bits per heavy atom. The molecule has 0 aliphatic carbocycles. The molecule has 0 aliphatic rings. The molecule has 0 unspecified atom stereocenters. The first kappa shape index (κ1) is 20.4. The predicted molar refractivity (Wildman–Crippen MR) is 74.3 cm³/mol. The van der Waals surface area contributed by atoms with E-state index in [1.807, 2.05) is 0 Å². The van der Waals surface area contributed by atoms with Gasteiger partial charge in [0, 0.05) is 37.8 Å². The Balaban J connectivity index is 2.13. The maximum absolute atomic E-state index is 12.6. The smallest absolute Gasteiger partial charge is 0.400 e. The molecule has 0 aliphatic heterocycles. The lowest BCUT2D eigenvalue weighted by Gasteiger charge is -2.05. The minimum absolute atomic E-state index is 0.479. The SMILES string of the molecule is Cn1nc(OC(F)(F)F)cc1C(=O)OC(=O)c1cc(OC(F)(F)Cl)nn1C. The molecule has 0 fully saturated rings. The zero-order chi connectivity index (χ0) is 20.6. The van der Waals surface area contributed by atoms with Crippen LogP contribution in [0.3, 0.4) is 0 Å². The fourth-order valence-corrected chi connectivity index (χ4v) is 1.87. The molecule has 0 saturated heterocycles. The summed E-state index contributed by atoms with van der Waals surface area (Å²) < 4.78 is 75.0. The molecular weight excluding hydrogens is 411 g/mol. The summed E-state index contributed by atoms with van der Waals surface area (Å²) in [6, 6.07) is 1.31. The Morgan fingerprint density at radius 1 is 0.926 bits per heavy atom. The van der Waals surface area contributed by atoms with Gasteiger partial charge in [-0.2, -0.15) is 0 Å². The molecule has 0 saturated carbocycles. The average molecular weight is 419 g/mol. The summed E-state index contributed by atoms with van der Waals surface area (Å²) in [5.74, 6) is -4.41. The van der Waals surface area contributed by atoms with E-state index in [2.05, 4.69) is 36.0 Å². The molecule has 0 bridgehead atoms. The number of rotatable bonds is 5. The second-order valence-electron chi connectivity index (χ2n) is 4.76. The van der Waals surface area contributed by atoms with E-state index in [0.717, 1.165) is 18.8 Å². The van der Waals surface area contributed by atoms with Gasteiger partial charge in [-0.15, -0.1) is 32.1 Å². The first-order chi connectivity index (χ1) is 12.2. The zero-order valence-corrected chi connectivity index (χ0v) is 14.0. The summed E-state index contributed by atoms with van der Waals surface area (Å²) in [7, 11) is 2.25. The Labute approximate surface area is 151 Å². The molecule has 0 spiro atoms. The van der Waals surface area contributed by atoms with Gasteiger partial charge in [0.25, 0.3) is 0 Å². The van der Waals surface area contributed by atoms with Gasteiger partial charge in [0.2, 0.25) is 11.8 Å². The molecule has 2 aromatic rings. The van der Waals surface area contributed by atoms with Crippen LogP contribution in [0, 0.1) is 0 Å². The van der Waals surface area contributed by atoms with Crippen LogP contribution in [0.2, 0.25) is 0 Å². The van der Waals surface area contributed by atoms with E-state index in [-0.39, 0.29) is 0 Å². The first-order valence-electron chi connectivity index (χ1n) is 6.61. The Kier molecular flexibility index (Phi) is 5.30. The minimum atomic E-state index is -5.04. The van der Waals surface area contributed by atoms with Crippen LogP contribution < -0.4 is 9.47 Å². The van der Waals surface area contributed by atoms with E-state index in [4.69, 9.17) is 0 Å². The van der Waals surface area contributed by atoms with Crippen molar-refractivity contribution in [3.63, 3.8) is 0 Å². The molecule has 0 N–H and O–H groups in total. The van der Waals surface area contributed by atoms with Gasteiger partial charge in [-0.3, -0.25) is 9.36 Å². The van der Waals surface area contributed by atoms with Crippen LogP contribution in [0.15, 0.2) is 12.1 Å². The van der Waals surface area contributed by atoms with Crippen molar-refractivity contribution in [1.29, 1.82) is 0 Å². The Bertz CT molecular complexity index is 802. The van der Waals surface area contributed by atoms with Crippen molar-refractivity contribution in [2.24, 2.45) is 14.1 Å². The number of ether oxygens (including phenoxy) is 3. The number of carbonyl (C=O) groups excluding carboxylic acids is 2. The Morgan fingerprint density at radius 3 is 1.70 bits per heavy atom. The number of carbonyl (C=O) groups is 2. The number of aryl methyl sites for hydroxylation is 2. The van der Waals surface area contributed by atoms with Crippen molar-refractivity contribution in [3.8, 4) is 11.8 Å². The van der Waals surface area contributed by atoms with Crippen LogP contribution in [0.1, 0.15) is 21.0 Å². The number of alkyl halides is 6. The highest BCUT2D eigenvalue weighted by molar-refractivity contribution is 6.20. The van der Waals surface area contributed by atoms with Crippen LogP contribution in [0.4, 0.5) is 22.0 Å². The molecular formula is C12H8ClF5N4O5. The lowest BCUT2D eigenvalue weighted by molar-refractivity contribution is -0.276. The topological polar surface area (TPSA) is 97.5 Å². The summed E-state index contributed by atoms with van der Waals surface area (Å²) in [4.78, 5) is 23.9. The Hall–Kier alpha value is -2.90. The predicted octanol–water partition coefficient (Wildman–Crippen LogP) is 2.22.